The lowest BCUT2D eigenvalue weighted by Gasteiger charge is -2.12. The molecule has 0 bridgehead atoms. The van der Waals surface area contributed by atoms with Crippen molar-refractivity contribution in [3.8, 4) is 5.88 Å². The molecule has 2 rings (SSSR count). The second-order valence-electron chi connectivity index (χ2n) is 4.00. The molecule has 3 N–H and O–H groups in total. The maximum Gasteiger partial charge on any atom is 0.216 e. The van der Waals surface area contributed by atoms with Crippen molar-refractivity contribution < 1.29 is 9.84 Å². The molecule has 0 saturated carbocycles. The minimum Gasteiger partial charge on any atom is -0.481 e. The van der Waals surface area contributed by atoms with Crippen LogP contribution >= 0.6 is 0 Å². The van der Waals surface area contributed by atoms with E-state index in [-0.39, 0.29) is 12.6 Å². The molecule has 0 aliphatic carbocycles. The van der Waals surface area contributed by atoms with Crippen LogP contribution in [0.5, 0.6) is 5.88 Å². The minimum atomic E-state index is -0.285. The first-order valence-electron chi connectivity index (χ1n) is 5.53. The van der Waals surface area contributed by atoms with Crippen LogP contribution in [0.4, 0.5) is 0 Å². The fourth-order valence-corrected chi connectivity index (χ4v) is 1.81. The molecule has 0 radical (unpaired) electrons. The number of hydrogen-bond acceptors (Lipinski definition) is 4. The molecule has 90 valence electrons. The third-order valence-electron chi connectivity index (χ3n) is 2.67. The molecule has 4 heteroatoms. The van der Waals surface area contributed by atoms with Crippen LogP contribution in [0.15, 0.2) is 30.3 Å². The maximum atomic E-state index is 8.99. The average Bonchev–Trinajstić information content (AvgIpc) is 2.37. The van der Waals surface area contributed by atoms with E-state index in [0.717, 1.165) is 16.5 Å². The lowest BCUT2D eigenvalue weighted by molar-refractivity contribution is 0.264. The summed E-state index contributed by atoms with van der Waals surface area (Å²) >= 11 is 0. The van der Waals surface area contributed by atoms with Crippen molar-refractivity contribution in [1.82, 2.24) is 4.98 Å². The topological polar surface area (TPSA) is 68.4 Å². The van der Waals surface area contributed by atoms with Gasteiger partial charge in [-0.3, -0.25) is 0 Å². The summed E-state index contributed by atoms with van der Waals surface area (Å²) in [5, 5.41) is 10.0. The zero-order valence-corrected chi connectivity index (χ0v) is 9.76. The summed E-state index contributed by atoms with van der Waals surface area (Å²) in [4.78, 5) is 4.42. The highest BCUT2D eigenvalue weighted by Gasteiger charge is 2.10. The van der Waals surface area contributed by atoms with Crippen LogP contribution < -0.4 is 10.5 Å². The molecule has 0 spiro atoms. The summed E-state index contributed by atoms with van der Waals surface area (Å²) in [6, 6.07) is 9.56. The van der Waals surface area contributed by atoms with Crippen LogP contribution in [0.3, 0.4) is 0 Å². The highest BCUT2D eigenvalue weighted by molar-refractivity contribution is 5.80. The molecule has 0 fully saturated rings. The summed E-state index contributed by atoms with van der Waals surface area (Å²) in [6.07, 6.45) is 0.553. The van der Waals surface area contributed by atoms with Gasteiger partial charge in [0.25, 0.3) is 0 Å². The summed E-state index contributed by atoms with van der Waals surface area (Å²) in [7, 11) is 1.59. The predicted molar refractivity (Wildman–Crippen MR) is 67.1 cm³/mol. The highest BCUT2D eigenvalue weighted by atomic mass is 16.5. The highest BCUT2D eigenvalue weighted by Crippen LogP contribution is 2.22. The zero-order valence-electron chi connectivity index (χ0n) is 9.76. The average molecular weight is 232 g/mol. The largest absolute Gasteiger partial charge is 0.481 e. The number of ether oxygens (including phenoxy) is 1. The lowest BCUT2D eigenvalue weighted by atomic mass is 10.1. The molecule has 1 atom stereocenters. The van der Waals surface area contributed by atoms with E-state index >= 15 is 0 Å². The van der Waals surface area contributed by atoms with Gasteiger partial charge in [0.2, 0.25) is 5.88 Å². The van der Waals surface area contributed by atoms with Crippen LogP contribution in [0.25, 0.3) is 10.9 Å². The van der Waals surface area contributed by atoms with E-state index in [1.807, 2.05) is 30.3 Å². The minimum absolute atomic E-state index is 0.0457. The van der Waals surface area contributed by atoms with Crippen LogP contribution in [0.2, 0.25) is 0 Å². The molecule has 1 aromatic carbocycles. The van der Waals surface area contributed by atoms with Gasteiger partial charge in [-0.05, 0) is 18.6 Å². The monoisotopic (exact) mass is 232 g/mol. The second-order valence-corrected chi connectivity index (χ2v) is 4.00. The number of benzene rings is 1. The maximum absolute atomic E-state index is 8.99. The molecule has 1 heterocycles. The lowest BCUT2D eigenvalue weighted by Crippen LogP contribution is -2.27. The van der Waals surface area contributed by atoms with Crippen LogP contribution in [0.1, 0.15) is 5.56 Å². The number of para-hydroxylation sites is 1. The van der Waals surface area contributed by atoms with Crippen molar-refractivity contribution >= 4 is 10.9 Å². The molecule has 4 nitrogen and oxygen atoms in total. The van der Waals surface area contributed by atoms with E-state index in [0.29, 0.717) is 12.3 Å². The number of hydrogen-bond donors (Lipinski definition) is 2. The third-order valence-corrected chi connectivity index (χ3v) is 2.67. The van der Waals surface area contributed by atoms with E-state index in [1.54, 1.807) is 7.11 Å². The molecule has 0 aliphatic heterocycles. The van der Waals surface area contributed by atoms with Crippen LogP contribution in [0, 0.1) is 0 Å². The predicted octanol–water partition coefficient (Wildman–Crippen LogP) is 1.11. The van der Waals surface area contributed by atoms with Gasteiger partial charge in [-0.1, -0.05) is 18.2 Å². The van der Waals surface area contributed by atoms with E-state index in [4.69, 9.17) is 15.6 Å². The van der Waals surface area contributed by atoms with E-state index in [2.05, 4.69) is 4.98 Å². The smallest absolute Gasteiger partial charge is 0.216 e. The fraction of sp³-hybridized carbons (Fsp3) is 0.308. The number of aliphatic hydroxyl groups excluding tert-OH is 1. The van der Waals surface area contributed by atoms with Gasteiger partial charge in [-0.15, -0.1) is 0 Å². The zero-order chi connectivity index (χ0) is 12.3. The summed E-state index contributed by atoms with van der Waals surface area (Å²) in [5.41, 5.74) is 7.56. The van der Waals surface area contributed by atoms with Gasteiger partial charge in [0, 0.05) is 17.0 Å². The summed E-state index contributed by atoms with van der Waals surface area (Å²) in [5.74, 6) is 0.576. The number of rotatable bonds is 4. The normalized spacial score (nSPS) is 12.6. The number of fused-ring (bicyclic) bond motifs is 1. The molecule has 0 amide bonds. The number of methoxy groups -OCH3 is 1. The Balaban J connectivity index is 2.45. The Hall–Kier alpha value is -1.65. The number of aromatic nitrogens is 1. The second kappa shape index (κ2) is 5.12. The Morgan fingerprint density at radius 2 is 2.18 bits per heavy atom. The molecule has 0 saturated heterocycles. The SMILES string of the molecule is COc1nc2ccccc2cc1CC(N)CO. The fourth-order valence-electron chi connectivity index (χ4n) is 1.81. The number of nitrogens with two attached hydrogens (primary N) is 1. The van der Waals surface area contributed by atoms with Crippen LogP contribution in [-0.4, -0.2) is 29.8 Å². The Kier molecular flexibility index (Phi) is 3.56. The molecular weight excluding hydrogens is 216 g/mol. The van der Waals surface area contributed by atoms with Crippen molar-refractivity contribution in [2.24, 2.45) is 5.73 Å². The molecule has 0 aliphatic rings. The Bertz CT molecular complexity index is 514. The molecule has 1 unspecified atom stereocenters. The Labute approximate surface area is 100 Å². The van der Waals surface area contributed by atoms with Crippen LogP contribution in [-0.2, 0) is 6.42 Å². The van der Waals surface area contributed by atoms with Crippen molar-refractivity contribution in [2.45, 2.75) is 12.5 Å². The van der Waals surface area contributed by atoms with Gasteiger partial charge in [-0.2, -0.15) is 0 Å². The van der Waals surface area contributed by atoms with E-state index < -0.39 is 0 Å². The summed E-state index contributed by atoms with van der Waals surface area (Å²) in [6.45, 7) is -0.0457. The van der Waals surface area contributed by atoms with Gasteiger partial charge in [0.1, 0.15) is 0 Å². The standard InChI is InChI=1S/C13H16N2O2/c1-17-13-10(7-11(14)8-16)6-9-4-2-3-5-12(9)15-13/h2-6,11,16H,7-8,14H2,1H3. The van der Waals surface area contributed by atoms with Gasteiger partial charge in [0.05, 0.1) is 19.2 Å². The molecule has 1 aromatic heterocycles. The molecular formula is C13H16N2O2. The van der Waals surface area contributed by atoms with E-state index in [9.17, 15) is 0 Å². The van der Waals surface area contributed by atoms with Gasteiger partial charge in [0.15, 0.2) is 0 Å². The van der Waals surface area contributed by atoms with E-state index in [1.165, 1.54) is 0 Å². The first-order chi connectivity index (χ1) is 8.24. The van der Waals surface area contributed by atoms with Gasteiger partial charge >= 0.3 is 0 Å². The van der Waals surface area contributed by atoms with Gasteiger partial charge in [-0.25, -0.2) is 4.98 Å². The quantitative estimate of drug-likeness (QED) is 0.828. The van der Waals surface area contributed by atoms with Crippen molar-refractivity contribution in [3.05, 3.63) is 35.9 Å². The number of aliphatic hydroxyl groups is 1. The summed E-state index contributed by atoms with van der Waals surface area (Å²) < 4.78 is 5.25. The first kappa shape index (κ1) is 11.8. The number of pyridine rings is 1. The first-order valence-corrected chi connectivity index (χ1v) is 5.53. The van der Waals surface area contributed by atoms with Crippen molar-refractivity contribution in [2.75, 3.05) is 13.7 Å². The Morgan fingerprint density at radius 1 is 1.41 bits per heavy atom. The van der Waals surface area contributed by atoms with Crippen molar-refractivity contribution in [3.63, 3.8) is 0 Å². The Morgan fingerprint density at radius 3 is 2.88 bits per heavy atom. The number of nitrogens with zero attached hydrogens (tertiary/aromatic N) is 1. The third kappa shape index (κ3) is 2.54. The molecule has 2 aromatic rings. The van der Waals surface area contributed by atoms with Crippen molar-refractivity contribution in [1.29, 1.82) is 0 Å². The molecule has 17 heavy (non-hydrogen) atoms. The van der Waals surface area contributed by atoms with Gasteiger partial charge < -0.3 is 15.6 Å².